The molecule has 0 fully saturated rings. The number of carbonyl (C=O) groups excluding carboxylic acids is 1. The van der Waals surface area contributed by atoms with Crippen molar-refractivity contribution in [3.05, 3.63) is 91.3 Å². The van der Waals surface area contributed by atoms with Gasteiger partial charge in [0.15, 0.2) is 0 Å². The fraction of sp³-hybridized carbons (Fsp3) is 0.182. The standard InChI is InChI=1S/C22H19ClN4O3S/c1-13-19(21(29)24-12-15-5-3-4-6-17(15)23)31-22-25-20(28)18(26-27(13)22)11-14-7-9-16(30-2)10-8-14/h3-10H,11-12H2,1-2H3,(H,24,29). The van der Waals surface area contributed by atoms with E-state index in [2.05, 4.69) is 15.4 Å². The van der Waals surface area contributed by atoms with Crippen molar-refractivity contribution >= 4 is 33.8 Å². The topological polar surface area (TPSA) is 85.6 Å². The van der Waals surface area contributed by atoms with Crippen LogP contribution in [0.15, 0.2) is 53.3 Å². The van der Waals surface area contributed by atoms with E-state index in [1.54, 1.807) is 24.6 Å². The highest BCUT2D eigenvalue weighted by Crippen LogP contribution is 2.21. The lowest BCUT2D eigenvalue weighted by Crippen LogP contribution is -2.23. The van der Waals surface area contributed by atoms with Gasteiger partial charge >= 0.3 is 0 Å². The van der Waals surface area contributed by atoms with Crippen LogP contribution in [0.2, 0.25) is 5.02 Å². The summed E-state index contributed by atoms with van der Waals surface area (Å²) in [4.78, 5) is 30.2. The number of amides is 1. The third kappa shape index (κ3) is 4.45. The lowest BCUT2D eigenvalue weighted by atomic mass is 10.1. The fourth-order valence-electron chi connectivity index (χ4n) is 3.11. The Balaban J connectivity index is 1.58. The van der Waals surface area contributed by atoms with Crippen LogP contribution in [0.5, 0.6) is 5.75 Å². The van der Waals surface area contributed by atoms with Crippen molar-refractivity contribution in [3.63, 3.8) is 0 Å². The number of thiazole rings is 1. The van der Waals surface area contributed by atoms with E-state index >= 15 is 0 Å². The molecule has 9 heteroatoms. The zero-order valence-electron chi connectivity index (χ0n) is 16.9. The molecule has 0 unspecified atom stereocenters. The van der Waals surface area contributed by atoms with Gasteiger partial charge in [-0.1, -0.05) is 53.3 Å². The minimum Gasteiger partial charge on any atom is -0.497 e. The van der Waals surface area contributed by atoms with E-state index in [0.717, 1.165) is 28.2 Å². The van der Waals surface area contributed by atoms with Gasteiger partial charge in [0.05, 0.1) is 12.8 Å². The lowest BCUT2D eigenvalue weighted by Gasteiger charge is -2.06. The number of hydrogen-bond acceptors (Lipinski definition) is 6. The van der Waals surface area contributed by atoms with E-state index in [4.69, 9.17) is 16.3 Å². The third-order valence-electron chi connectivity index (χ3n) is 4.82. The molecule has 2 aromatic carbocycles. The van der Waals surface area contributed by atoms with Gasteiger partial charge in [0.2, 0.25) is 4.96 Å². The van der Waals surface area contributed by atoms with E-state index in [9.17, 15) is 9.59 Å². The van der Waals surface area contributed by atoms with Gasteiger partial charge in [0, 0.05) is 18.0 Å². The normalized spacial score (nSPS) is 10.9. The van der Waals surface area contributed by atoms with Crippen LogP contribution in [-0.2, 0) is 13.0 Å². The van der Waals surface area contributed by atoms with E-state index in [0.29, 0.717) is 39.2 Å². The largest absolute Gasteiger partial charge is 0.497 e. The summed E-state index contributed by atoms with van der Waals surface area (Å²) in [6.45, 7) is 2.08. The van der Waals surface area contributed by atoms with Gasteiger partial charge in [0.25, 0.3) is 11.5 Å². The van der Waals surface area contributed by atoms with E-state index in [-0.39, 0.29) is 5.91 Å². The molecule has 0 saturated heterocycles. The number of aromatic nitrogens is 3. The highest BCUT2D eigenvalue weighted by Gasteiger charge is 2.19. The van der Waals surface area contributed by atoms with Crippen LogP contribution in [0.3, 0.4) is 0 Å². The second-order valence-corrected chi connectivity index (χ2v) is 8.26. The predicted octanol–water partition coefficient (Wildman–Crippen LogP) is 3.64. The molecule has 0 radical (unpaired) electrons. The first kappa shape index (κ1) is 21.0. The molecule has 0 atom stereocenters. The van der Waals surface area contributed by atoms with Gasteiger partial charge in [-0.05, 0) is 36.2 Å². The summed E-state index contributed by atoms with van der Waals surface area (Å²) in [6.07, 6.45) is 0.335. The number of ether oxygens (including phenoxy) is 1. The van der Waals surface area contributed by atoms with E-state index in [1.807, 2.05) is 42.5 Å². The summed E-state index contributed by atoms with van der Waals surface area (Å²) in [5.41, 5.74) is 2.27. The molecule has 7 nitrogen and oxygen atoms in total. The monoisotopic (exact) mass is 454 g/mol. The minimum atomic E-state index is -0.403. The number of fused-ring (bicyclic) bond motifs is 1. The molecule has 2 aromatic heterocycles. The second kappa shape index (κ2) is 8.87. The number of benzene rings is 2. The molecule has 2 heterocycles. The van der Waals surface area contributed by atoms with E-state index in [1.165, 1.54) is 0 Å². The number of halogens is 1. The van der Waals surface area contributed by atoms with Crippen LogP contribution in [0.1, 0.15) is 32.2 Å². The van der Waals surface area contributed by atoms with Crippen LogP contribution < -0.4 is 15.6 Å². The molecule has 158 valence electrons. The van der Waals surface area contributed by atoms with Crippen LogP contribution in [0, 0.1) is 6.92 Å². The van der Waals surface area contributed by atoms with Crippen LogP contribution in [-0.4, -0.2) is 27.6 Å². The molecule has 1 amide bonds. The van der Waals surface area contributed by atoms with Crippen molar-refractivity contribution in [2.45, 2.75) is 19.9 Å². The molecular formula is C22H19ClN4O3S. The second-order valence-electron chi connectivity index (χ2n) is 6.87. The molecule has 0 bridgehead atoms. The summed E-state index contributed by atoms with van der Waals surface area (Å²) < 4.78 is 6.71. The number of rotatable bonds is 6. The summed E-state index contributed by atoms with van der Waals surface area (Å²) >= 11 is 7.29. The SMILES string of the molecule is COc1ccc(Cc2nn3c(C)c(C(=O)NCc4ccccc4Cl)sc3nc2=O)cc1. The van der Waals surface area contributed by atoms with Crippen molar-refractivity contribution in [2.75, 3.05) is 7.11 Å². The van der Waals surface area contributed by atoms with Crippen molar-refractivity contribution in [1.82, 2.24) is 19.9 Å². The number of carbonyl (C=O) groups is 1. The van der Waals surface area contributed by atoms with Gasteiger partial charge in [-0.25, -0.2) is 4.52 Å². The summed E-state index contributed by atoms with van der Waals surface area (Å²) in [5, 5.41) is 7.92. The number of hydrogen-bond donors (Lipinski definition) is 1. The molecule has 4 aromatic rings. The van der Waals surface area contributed by atoms with Gasteiger partial charge < -0.3 is 10.1 Å². The smallest absolute Gasteiger partial charge is 0.296 e. The van der Waals surface area contributed by atoms with E-state index < -0.39 is 5.56 Å². The molecule has 4 rings (SSSR count). The van der Waals surface area contributed by atoms with Crippen molar-refractivity contribution < 1.29 is 9.53 Å². The predicted molar refractivity (Wildman–Crippen MR) is 120 cm³/mol. The Hall–Kier alpha value is -3.23. The number of nitrogens with one attached hydrogen (secondary N) is 1. The molecule has 0 spiro atoms. The van der Waals surface area contributed by atoms with Gasteiger partial charge in [-0.3, -0.25) is 9.59 Å². The Kier molecular flexibility index (Phi) is 6.01. The Morgan fingerprint density at radius 1 is 1.19 bits per heavy atom. The average Bonchev–Trinajstić information content (AvgIpc) is 3.09. The molecule has 0 aliphatic heterocycles. The maximum atomic E-state index is 12.7. The van der Waals surface area contributed by atoms with Crippen LogP contribution in [0.4, 0.5) is 0 Å². The zero-order valence-corrected chi connectivity index (χ0v) is 18.5. The first-order valence-electron chi connectivity index (χ1n) is 9.50. The maximum Gasteiger partial charge on any atom is 0.296 e. The van der Waals surface area contributed by atoms with Crippen molar-refractivity contribution in [3.8, 4) is 5.75 Å². The summed E-state index contributed by atoms with van der Waals surface area (Å²) in [7, 11) is 1.60. The fourth-order valence-corrected chi connectivity index (χ4v) is 4.28. The molecule has 0 saturated carbocycles. The average molecular weight is 455 g/mol. The Labute approximate surface area is 187 Å². The quantitative estimate of drug-likeness (QED) is 0.480. The first-order valence-corrected chi connectivity index (χ1v) is 10.7. The first-order chi connectivity index (χ1) is 15.0. The van der Waals surface area contributed by atoms with Gasteiger partial charge in [-0.2, -0.15) is 10.1 Å². The molecule has 0 aliphatic carbocycles. The number of methoxy groups -OCH3 is 1. The van der Waals surface area contributed by atoms with Crippen molar-refractivity contribution in [1.29, 1.82) is 0 Å². The highest BCUT2D eigenvalue weighted by molar-refractivity contribution is 7.19. The molecule has 31 heavy (non-hydrogen) atoms. The van der Waals surface area contributed by atoms with Crippen LogP contribution >= 0.6 is 22.9 Å². The summed E-state index contributed by atoms with van der Waals surface area (Å²) in [5.74, 6) is 0.474. The van der Waals surface area contributed by atoms with Gasteiger partial charge in [0.1, 0.15) is 16.3 Å². The highest BCUT2D eigenvalue weighted by atomic mass is 35.5. The Bertz CT molecular complexity index is 1310. The van der Waals surface area contributed by atoms with Crippen LogP contribution in [0.25, 0.3) is 4.96 Å². The molecule has 1 N–H and O–H groups in total. The Morgan fingerprint density at radius 2 is 1.94 bits per heavy atom. The third-order valence-corrected chi connectivity index (χ3v) is 6.32. The zero-order chi connectivity index (χ0) is 22.0. The molecular weight excluding hydrogens is 436 g/mol. The number of nitrogens with zero attached hydrogens (tertiary/aromatic N) is 3. The Morgan fingerprint density at radius 3 is 2.65 bits per heavy atom. The van der Waals surface area contributed by atoms with Gasteiger partial charge in [-0.15, -0.1) is 0 Å². The minimum absolute atomic E-state index is 0.265. The maximum absolute atomic E-state index is 12.7. The lowest BCUT2D eigenvalue weighted by molar-refractivity contribution is 0.0954. The summed E-state index contributed by atoms with van der Waals surface area (Å²) in [6, 6.07) is 14.7. The van der Waals surface area contributed by atoms with Crippen molar-refractivity contribution in [2.24, 2.45) is 0 Å². The number of aryl methyl sites for hydroxylation is 1. The molecule has 0 aliphatic rings.